The van der Waals surface area contributed by atoms with Crippen molar-refractivity contribution >= 4 is 5.91 Å². The van der Waals surface area contributed by atoms with Crippen LogP contribution < -0.4 is 5.32 Å². The lowest BCUT2D eigenvalue weighted by atomic mass is 9.97. The second kappa shape index (κ2) is 7.39. The predicted octanol–water partition coefficient (Wildman–Crippen LogP) is 2.24. The fourth-order valence-electron chi connectivity index (χ4n) is 2.78. The molecule has 4 heteroatoms. The first-order chi connectivity index (χ1) is 9.70. The van der Waals surface area contributed by atoms with Crippen LogP contribution in [0.3, 0.4) is 0 Å². The number of carbonyl (C=O) groups excluding carboxylic acids is 1. The summed E-state index contributed by atoms with van der Waals surface area (Å²) in [4.78, 5) is 18.8. The van der Waals surface area contributed by atoms with Gasteiger partial charge < -0.3 is 10.2 Å². The van der Waals surface area contributed by atoms with Crippen LogP contribution in [0.5, 0.6) is 0 Å². The Hall–Kier alpha value is -1.42. The van der Waals surface area contributed by atoms with Gasteiger partial charge in [0, 0.05) is 30.5 Å². The van der Waals surface area contributed by atoms with Crippen molar-refractivity contribution in [3.63, 3.8) is 0 Å². The van der Waals surface area contributed by atoms with E-state index in [0.29, 0.717) is 5.92 Å². The molecule has 0 bridgehead atoms. The van der Waals surface area contributed by atoms with E-state index in [1.54, 1.807) is 6.20 Å². The molecule has 20 heavy (non-hydrogen) atoms. The first kappa shape index (κ1) is 15.0. The second-order valence-corrected chi connectivity index (χ2v) is 5.63. The molecular formula is C16H25N3O. The molecule has 1 aliphatic rings. The summed E-state index contributed by atoms with van der Waals surface area (Å²) in [6.07, 6.45) is 5.06. The van der Waals surface area contributed by atoms with E-state index >= 15 is 0 Å². The number of carbonyl (C=O) groups is 1. The quantitative estimate of drug-likeness (QED) is 0.896. The molecule has 1 fully saturated rings. The lowest BCUT2D eigenvalue weighted by Gasteiger charge is -2.30. The van der Waals surface area contributed by atoms with Crippen LogP contribution in [-0.2, 0) is 0 Å². The van der Waals surface area contributed by atoms with Gasteiger partial charge in [0.25, 0.3) is 5.91 Å². The number of aryl methyl sites for hydroxylation is 1. The van der Waals surface area contributed by atoms with Gasteiger partial charge in [-0.25, -0.2) is 0 Å². The van der Waals surface area contributed by atoms with Crippen molar-refractivity contribution in [2.24, 2.45) is 5.92 Å². The topological polar surface area (TPSA) is 45.2 Å². The number of hydrogen-bond acceptors (Lipinski definition) is 3. The Balaban J connectivity index is 2.04. The van der Waals surface area contributed by atoms with Crippen molar-refractivity contribution in [2.45, 2.75) is 33.1 Å². The van der Waals surface area contributed by atoms with Crippen LogP contribution in [0.2, 0.25) is 0 Å². The SMILES string of the molecule is CCCN(CC1CCNCC1)C(=O)c1ccnc(C)c1. The van der Waals surface area contributed by atoms with E-state index in [0.717, 1.165) is 43.9 Å². The Bertz CT molecular complexity index is 441. The minimum absolute atomic E-state index is 0.149. The van der Waals surface area contributed by atoms with E-state index < -0.39 is 0 Å². The van der Waals surface area contributed by atoms with Crippen molar-refractivity contribution < 1.29 is 4.79 Å². The number of amides is 1. The summed E-state index contributed by atoms with van der Waals surface area (Å²) in [6.45, 7) is 7.93. The Kier molecular flexibility index (Phi) is 5.53. The second-order valence-electron chi connectivity index (χ2n) is 5.63. The smallest absolute Gasteiger partial charge is 0.253 e. The summed E-state index contributed by atoms with van der Waals surface area (Å²) in [5.74, 6) is 0.783. The molecule has 1 aromatic rings. The molecule has 1 N–H and O–H groups in total. The summed E-state index contributed by atoms with van der Waals surface area (Å²) in [5, 5.41) is 3.38. The lowest BCUT2D eigenvalue weighted by Crippen LogP contribution is -2.39. The van der Waals surface area contributed by atoms with Gasteiger partial charge in [0.05, 0.1) is 0 Å². The van der Waals surface area contributed by atoms with E-state index in [4.69, 9.17) is 0 Å². The summed E-state index contributed by atoms with van der Waals surface area (Å²) < 4.78 is 0. The molecule has 0 atom stereocenters. The number of aromatic nitrogens is 1. The maximum absolute atomic E-state index is 12.6. The van der Waals surface area contributed by atoms with Crippen molar-refractivity contribution in [3.8, 4) is 0 Å². The number of nitrogens with zero attached hydrogens (tertiary/aromatic N) is 2. The number of nitrogens with one attached hydrogen (secondary N) is 1. The van der Waals surface area contributed by atoms with Gasteiger partial charge in [-0.05, 0) is 57.3 Å². The Morgan fingerprint density at radius 2 is 2.20 bits per heavy atom. The Labute approximate surface area is 121 Å². The molecular weight excluding hydrogens is 250 g/mol. The predicted molar refractivity (Wildman–Crippen MR) is 80.8 cm³/mol. The molecule has 4 nitrogen and oxygen atoms in total. The van der Waals surface area contributed by atoms with Crippen molar-refractivity contribution in [2.75, 3.05) is 26.2 Å². The van der Waals surface area contributed by atoms with Gasteiger partial charge >= 0.3 is 0 Å². The van der Waals surface area contributed by atoms with Crippen LogP contribution in [0.4, 0.5) is 0 Å². The summed E-state index contributed by atoms with van der Waals surface area (Å²) in [5.41, 5.74) is 1.66. The zero-order chi connectivity index (χ0) is 14.4. The zero-order valence-electron chi connectivity index (χ0n) is 12.6. The van der Waals surface area contributed by atoms with E-state index in [2.05, 4.69) is 17.2 Å². The van der Waals surface area contributed by atoms with Crippen LogP contribution in [0.15, 0.2) is 18.3 Å². The molecule has 1 amide bonds. The van der Waals surface area contributed by atoms with E-state index in [-0.39, 0.29) is 5.91 Å². The highest BCUT2D eigenvalue weighted by atomic mass is 16.2. The largest absolute Gasteiger partial charge is 0.338 e. The molecule has 1 aliphatic heterocycles. The molecule has 0 aliphatic carbocycles. The van der Waals surface area contributed by atoms with Gasteiger partial charge in [-0.1, -0.05) is 6.92 Å². The van der Waals surface area contributed by atoms with Crippen molar-refractivity contribution in [3.05, 3.63) is 29.6 Å². The fraction of sp³-hybridized carbons (Fsp3) is 0.625. The fourth-order valence-corrected chi connectivity index (χ4v) is 2.78. The molecule has 1 saturated heterocycles. The van der Waals surface area contributed by atoms with Gasteiger partial charge in [-0.3, -0.25) is 9.78 Å². The van der Waals surface area contributed by atoms with Gasteiger partial charge in [-0.15, -0.1) is 0 Å². The maximum Gasteiger partial charge on any atom is 0.253 e. The minimum atomic E-state index is 0.149. The van der Waals surface area contributed by atoms with Crippen LogP contribution in [0.1, 0.15) is 42.2 Å². The first-order valence-corrected chi connectivity index (χ1v) is 7.63. The highest BCUT2D eigenvalue weighted by molar-refractivity contribution is 5.94. The van der Waals surface area contributed by atoms with E-state index in [1.165, 1.54) is 12.8 Å². The van der Waals surface area contributed by atoms with Gasteiger partial charge in [0.15, 0.2) is 0 Å². The molecule has 1 aromatic heterocycles. The normalized spacial score (nSPS) is 16.1. The van der Waals surface area contributed by atoms with E-state index in [1.807, 2.05) is 24.0 Å². The highest BCUT2D eigenvalue weighted by Crippen LogP contribution is 2.16. The van der Waals surface area contributed by atoms with Gasteiger partial charge in [-0.2, -0.15) is 0 Å². The third-order valence-corrected chi connectivity index (χ3v) is 3.86. The third kappa shape index (κ3) is 4.04. The summed E-state index contributed by atoms with van der Waals surface area (Å²) in [6, 6.07) is 3.70. The number of piperidine rings is 1. The molecule has 0 radical (unpaired) electrons. The van der Waals surface area contributed by atoms with Crippen molar-refractivity contribution in [1.82, 2.24) is 15.2 Å². The number of rotatable bonds is 5. The third-order valence-electron chi connectivity index (χ3n) is 3.86. The average Bonchev–Trinajstić information content (AvgIpc) is 2.47. The standard InChI is InChI=1S/C16H25N3O/c1-3-10-19(12-14-4-7-17-8-5-14)16(20)15-6-9-18-13(2)11-15/h6,9,11,14,17H,3-5,7-8,10,12H2,1-2H3. The lowest BCUT2D eigenvalue weighted by molar-refractivity contribution is 0.0716. The summed E-state index contributed by atoms with van der Waals surface area (Å²) >= 11 is 0. The molecule has 0 spiro atoms. The van der Waals surface area contributed by atoms with Crippen LogP contribution in [0.25, 0.3) is 0 Å². The van der Waals surface area contributed by atoms with Crippen LogP contribution >= 0.6 is 0 Å². The average molecular weight is 275 g/mol. The van der Waals surface area contributed by atoms with Crippen LogP contribution in [-0.4, -0.2) is 42.0 Å². The van der Waals surface area contributed by atoms with E-state index in [9.17, 15) is 4.79 Å². The summed E-state index contributed by atoms with van der Waals surface area (Å²) in [7, 11) is 0. The molecule has 0 unspecified atom stereocenters. The van der Waals surface area contributed by atoms with Crippen LogP contribution in [0, 0.1) is 12.8 Å². The highest BCUT2D eigenvalue weighted by Gasteiger charge is 2.21. The minimum Gasteiger partial charge on any atom is -0.338 e. The molecule has 0 aromatic carbocycles. The van der Waals surface area contributed by atoms with Gasteiger partial charge in [0.2, 0.25) is 0 Å². The first-order valence-electron chi connectivity index (χ1n) is 7.63. The molecule has 0 saturated carbocycles. The van der Waals surface area contributed by atoms with Gasteiger partial charge in [0.1, 0.15) is 0 Å². The molecule has 110 valence electrons. The maximum atomic E-state index is 12.6. The number of pyridine rings is 1. The Morgan fingerprint density at radius 1 is 1.45 bits per heavy atom. The number of hydrogen-bond donors (Lipinski definition) is 1. The Morgan fingerprint density at radius 3 is 2.85 bits per heavy atom. The zero-order valence-corrected chi connectivity index (χ0v) is 12.6. The monoisotopic (exact) mass is 275 g/mol. The molecule has 2 rings (SSSR count). The molecule has 2 heterocycles. The van der Waals surface area contributed by atoms with Crippen molar-refractivity contribution in [1.29, 1.82) is 0 Å².